The summed E-state index contributed by atoms with van der Waals surface area (Å²) in [6.45, 7) is 18.8. The molecule has 0 heterocycles. The van der Waals surface area contributed by atoms with Crippen molar-refractivity contribution in [3.63, 3.8) is 0 Å². The van der Waals surface area contributed by atoms with Crippen LogP contribution < -0.4 is 4.74 Å². The van der Waals surface area contributed by atoms with E-state index in [0.717, 1.165) is 23.3 Å². The van der Waals surface area contributed by atoms with E-state index < -0.39 is 23.5 Å². The van der Waals surface area contributed by atoms with Gasteiger partial charge in [-0.05, 0) is 37.5 Å². The zero-order valence-electron chi connectivity index (χ0n) is 21.5. The third-order valence-electron chi connectivity index (χ3n) is 5.37. The van der Waals surface area contributed by atoms with E-state index in [1.165, 1.54) is 12.5 Å². The molecule has 0 saturated carbocycles. The summed E-state index contributed by atoms with van der Waals surface area (Å²) < 4.78 is 11.4. The predicted molar refractivity (Wildman–Crippen MR) is 128 cm³/mol. The average Bonchev–Trinajstić information content (AvgIpc) is 2.64. The SMILES string of the molecule is CCCCOC(=O)C(C(C)=O)C(=O)CCCOc1c(C(C)(C)C)cc(C)cc1C(C)(C)C. The molecule has 0 amide bonds. The monoisotopic (exact) mass is 446 g/mol. The minimum atomic E-state index is -1.33. The van der Waals surface area contributed by atoms with Gasteiger partial charge < -0.3 is 9.47 Å². The van der Waals surface area contributed by atoms with Crippen molar-refractivity contribution in [2.24, 2.45) is 5.92 Å². The van der Waals surface area contributed by atoms with Gasteiger partial charge in [0, 0.05) is 17.5 Å². The van der Waals surface area contributed by atoms with Gasteiger partial charge in [-0.1, -0.05) is 72.6 Å². The lowest BCUT2D eigenvalue weighted by molar-refractivity contribution is -0.155. The van der Waals surface area contributed by atoms with Crippen molar-refractivity contribution in [2.45, 2.75) is 98.8 Å². The Hall–Kier alpha value is -2.17. The first-order valence-corrected chi connectivity index (χ1v) is 11.7. The number of carbonyl (C=O) groups is 3. The van der Waals surface area contributed by atoms with Crippen molar-refractivity contribution >= 4 is 17.5 Å². The summed E-state index contributed by atoms with van der Waals surface area (Å²) in [7, 11) is 0. The van der Waals surface area contributed by atoms with Crippen LogP contribution in [0.3, 0.4) is 0 Å². The lowest BCUT2D eigenvalue weighted by atomic mass is 9.78. The summed E-state index contributed by atoms with van der Waals surface area (Å²) in [5.74, 6) is -2.08. The lowest BCUT2D eigenvalue weighted by Crippen LogP contribution is -2.32. The van der Waals surface area contributed by atoms with Crippen LogP contribution in [0, 0.1) is 12.8 Å². The number of esters is 1. The van der Waals surface area contributed by atoms with Crippen LogP contribution in [-0.2, 0) is 30.0 Å². The van der Waals surface area contributed by atoms with E-state index in [1.54, 1.807) is 0 Å². The highest BCUT2D eigenvalue weighted by molar-refractivity contribution is 6.16. The summed E-state index contributed by atoms with van der Waals surface area (Å²) in [4.78, 5) is 36.7. The van der Waals surface area contributed by atoms with Gasteiger partial charge in [0.1, 0.15) is 5.75 Å². The molecule has 0 N–H and O–H groups in total. The maximum absolute atomic E-state index is 12.6. The van der Waals surface area contributed by atoms with Gasteiger partial charge in [0.05, 0.1) is 13.2 Å². The van der Waals surface area contributed by atoms with Crippen molar-refractivity contribution < 1.29 is 23.9 Å². The van der Waals surface area contributed by atoms with Crippen molar-refractivity contribution in [2.75, 3.05) is 13.2 Å². The molecule has 0 bridgehead atoms. The van der Waals surface area contributed by atoms with Gasteiger partial charge in [0.15, 0.2) is 17.5 Å². The van der Waals surface area contributed by atoms with E-state index in [-0.39, 0.29) is 23.9 Å². The average molecular weight is 447 g/mol. The van der Waals surface area contributed by atoms with Crippen molar-refractivity contribution in [3.8, 4) is 5.75 Å². The molecule has 0 aliphatic rings. The fourth-order valence-electron chi connectivity index (χ4n) is 3.53. The number of rotatable bonds is 11. The van der Waals surface area contributed by atoms with E-state index in [9.17, 15) is 14.4 Å². The maximum Gasteiger partial charge on any atom is 0.324 e. The predicted octanol–water partition coefficient (Wildman–Crippen LogP) is 5.87. The molecule has 1 unspecified atom stereocenters. The third kappa shape index (κ3) is 8.07. The van der Waals surface area contributed by atoms with Gasteiger partial charge in [-0.2, -0.15) is 0 Å². The molecule has 0 spiro atoms. The number of hydrogen-bond donors (Lipinski definition) is 0. The quantitative estimate of drug-likeness (QED) is 0.242. The molecule has 0 radical (unpaired) electrons. The van der Waals surface area contributed by atoms with Crippen LogP contribution in [0.4, 0.5) is 0 Å². The first-order chi connectivity index (χ1) is 14.7. The first kappa shape index (κ1) is 27.9. The Labute approximate surface area is 194 Å². The van der Waals surface area contributed by atoms with Gasteiger partial charge in [0.25, 0.3) is 0 Å². The summed E-state index contributed by atoms with van der Waals surface area (Å²) >= 11 is 0. The van der Waals surface area contributed by atoms with Crippen LogP contribution in [0.5, 0.6) is 5.75 Å². The molecule has 180 valence electrons. The van der Waals surface area contributed by atoms with Gasteiger partial charge in [-0.3, -0.25) is 14.4 Å². The zero-order valence-corrected chi connectivity index (χ0v) is 21.5. The molecule has 0 aliphatic carbocycles. The highest BCUT2D eigenvalue weighted by Crippen LogP contribution is 2.40. The summed E-state index contributed by atoms with van der Waals surface area (Å²) in [5, 5.41) is 0. The number of unbranched alkanes of at least 4 members (excludes halogenated alkanes) is 1. The fourth-order valence-corrected chi connectivity index (χ4v) is 3.53. The number of ether oxygens (including phenoxy) is 2. The second kappa shape index (κ2) is 11.6. The minimum Gasteiger partial charge on any atom is -0.493 e. The normalized spacial score (nSPS) is 12.9. The van der Waals surface area contributed by atoms with Crippen LogP contribution in [-0.4, -0.2) is 30.7 Å². The number of hydrogen-bond acceptors (Lipinski definition) is 5. The molecule has 0 aliphatic heterocycles. The van der Waals surface area contributed by atoms with Gasteiger partial charge >= 0.3 is 5.97 Å². The summed E-state index contributed by atoms with van der Waals surface area (Å²) in [6, 6.07) is 4.32. The second-order valence-electron chi connectivity index (χ2n) is 10.7. The zero-order chi connectivity index (χ0) is 24.7. The molecule has 1 aromatic rings. The summed E-state index contributed by atoms with van der Waals surface area (Å²) in [5.41, 5.74) is 3.26. The van der Waals surface area contributed by atoms with Crippen LogP contribution >= 0.6 is 0 Å². The Morgan fingerprint density at radius 3 is 1.88 bits per heavy atom. The molecular formula is C27H42O5. The maximum atomic E-state index is 12.6. The van der Waals surface area contributed by atoms with E-state index in [1.807, 2.05) is 6.92 Å². The van der Waals surface area contributed by atoms with Crippen LogP contribution in [0.25, 0.3) is 0 Å². The number of carbonyl (C=O) groups excluding carboxylic acids is 3. The van der Waals surface area contributed by atoms with Crippen LogP contribution in [0.1, 0.15) is 97.8 Å². The number of aryl methyl sites for hydroxylation is 1. The molecule has 1 atom stereocenters. The standard InChI is InChI=1S/C27H42O5/c1-10-11-14-32-25(30)23(19(3)28)22(29)13-12-15-31-24-20(26(4,5)6)16-18(2)17-21(24)27(7,8)9/h16-17,23H,10-15H2,1-9H3. The molecule has 32 heavy (non-hydrogen) atoms. The molecule has 1 aromatic carbocycles. The molecule has 0 saturated heterocycles. The Bertz CT molecular complexity index is 773. The molecule has 5 heteroatoms. The number of benzene rings is 1. The molecule has 0 fully saturated rings. The third-order valence-corrected chi connectivity index (χ3v) is 5.37. The fraction of sp³-hybridized carbons (Fsp3) is 0.667. The smallest absolute Gasteiger partial charge is 0.324 e. The highest BCUT2D eigenvalue weighted by Gasteiger charge is 2.32. The Morgan fingerprint density at radius 2 is 1.44 bits per heavy atom. The van der Waals surface area contributed by atoms with E-state index >= 15 is 0 Å². The topological polar surface area (TPSA) is 69.7 Å². The van der Waals surface area contributed by atoms with Crippen LogP contribution in [0.2, 0.25) is 0 Å². The van der Waals surface area contributed by atoms with Gasteiger partial charge in [-0.15, -0.1) is 0 Å². The number of Topliss-reactive ketones (excluding diaryl/α,β-unsaturated/α-hetero) is 2. The molecular weight excluding hydrogens is 404 g/mol. The van der Waals surface area contributed by atoms with E-state index in [0.29, 0.717) is 19.4 Å². The number of ketones is 2. The van der Waals surface area contributed by atoms with Crippen molar-refractivity contribution in [1.29, 1.82) is 0 Å². The van der Waals surface area contributed by atoms with Crippen molar-refractivity contribution in [1.82, 2.24) is 0 Å². The molecule has 1 rings (SSSR count). The highest BCUT2D eigenvalue weighted by atomic mass is 16.5. The van der Waals surface area contributed by atoms with E-state index in [4.69, 9.17) is 9.47 Å². The van der Waals surface area contributed by atoms with Crippen molar-refractivity contribution in [3.05, 3.63) is 28.8 Å². The minimum absolute atomic E-state index is 0.0920. The largest absolute Gasteiger partial charge is 0.493 e. The molecule has 5 nitrogen and oxygen atoms in total. The molecule has 0 aromatic heterocycles. The Balaban J connectivity index is 2.92. The second-order valence-corrected chi connectivity index (χ2v) is 10.7. The van der Waals surface area contributed by atoms with Gasteiger partial charge in [0.2, 0.25) is 0 Å². The first-order valence-electron chi connectivity index (χ1n) is 11.7. The van der Waals surface area contributed by atoms with Gasteiger partial charge in [-0.25, -0.2) is 0 Å². The summed E-state index contributed by atoms with van der Waals surface area (Å²) in [6.07, 6.45) is 2.09. The Morgan fingerprint density at radius 1 is 0.906 bits per heavy atom. The lowest BCUT2D eigenvalue weighted by Gasteiger charge is -2.30. The van der Waals surface area contributed by atoms with Crippen LogP contribution in [0.15, 0.2) is 12.1 Å². The van der Waals surface area contributed by atoms with E-state index in [2.05, 4.69) is 60.6 Å². The Kier molecular flexibility index (Phi) is 10.1.